The molecule has 1 aromatic rings. The van der Waals surface area contributed by atoms with Gasteiger partial charge in [-0.2, -0.15) is 0 Å². The second-order valence-corrected chi connectivity index (χ2v) is 6.03. The Kier molecular flexibility index (Phi) is 3.32. The first-order valence-corrected chi connectivity index (χ1v) is 7.31. The third-order valence-electron chi connectivity index (χ3n) is 4.71. The van der Waals surface area contributed by atoms with E-state index in [1.165, 1.54) is 18.4 Å². The number of benzene rings is 1. The molecule has 0 radical (unpaired) electrons. The zero-order chi connectivity index (χ0) is 13.4. The van der Waals surface area contributed by atoms with Crippen molar-refractivity contribution in [3.63, 3.8) is 0 Å². The van der Waals surface area contributed by atoms with E-state index in [0.29, 0.717) is 12.0 Å². The van der Waals surface area contributed by atoms with Crippen molar-refractivity contribution in [3.8, 4) is 0 Å². The van der Waals surface area contributed by atoms with Crippen molar-refractivity contribution in [1.82, 2.24) is 4.90 Å². The smallest absolute Gasteiger partial charge is 0.0222 e. The maximum Gasteiger partial charge on any atom is 0.0222 e. The highest BCUT2D eigenvalue weighted by Gasteiger charge is 2.41. The van der Waals surface area contributed by atoms with Crippen LogP contribution >= 0.6 is 0 Å². The number of likely N-dealkylation sites (tertiary alicyclic amines) is 1. The van der Waals surface area contributed by atoms with Crippen LogP contribution in [0.2, 0.25) is 0 Å². The molecule has 2 atom stereocenters. The molecule has 100 valence electrons. The van der Waals surface area contributed by atoms with Crippen molar-refractivity contribution >= 4 is 0 Å². The van der Waals surface area contributed by atoms with E-state index < -0.39 is 0 Å². The lowest BCUT2D eigenvalue weighted by Crippen LogP contribution is -2.35. The minimum absolute atomic E-state index is 0.620. The van der Waals surface area contributed by atoms with E-state index in [2.05, 4.69) is 49.6 Å². The van der Waals surface area contributed by atoms with E-state index in [-0.39, 0.29) is 0 Å². The molecule has 19 heavy (non-hydrogen) atoms. The minimum Gasteiger partial charge on any atom is -0.292 e. The van der Waals surface area contributed by atoms with Gasteiger partial charge in [-0.3, -0.25) is 4.90 Å². The Morgan fingerprint density at radius 2 is 2.16 bits per heavy atom. The molecule has 0 unspecified atom stereocenters. The molecule has 2 aliphatic rings. The molecule has 0 N–H and O–H groups in total. The maximum absolute atomic E-state index is 3.92. The molecule has 1 heteroatoms. The lowest BCUT2D eigenvalue weighted by atomic mass is 9.77. The SMILES string of the molecule is C=CCN1CC(=C(C)C)[C@H]2c3ccccc3CC[C@H]21. The largest absolute Gasteiger partial charge is 0.292 e. The van der Waals surface area contributed by atoms with Crippen LogP contribution < -0.4 is 0 Å². The molecule has 0 bridgehead atoms. The van der Waals surface area contributed by atoms with Gasteiger partial charge in [0.15, 0.2) is 0 Å². The number of hydrogen-bond donors (Lipinski definition) is 0. The quantitative estimate of drug-likeness (QED) is 0.722. The van der Waals surface area contributed by atoms with Gasteiger partial charge in [-0.05, 0) is 43.4 Å². The number of rotatable bonds is 2. The summed E-state index contributed by atoms with van der Waals surface area (Å²) in [4.78, 5) is 2.61. The van der Waals surface area contributed by atoms with Crippen LogP contribution in [0.4, 0.5) is 0 Å². The van der Waals surface area contributed by atoms with Gasteiger partial charge in [-0.25, -0.2) is 0 Å². The molecule has 1 aliphatic heterocycles. The summed E-state index contributed by atoms with van der Waals surface area (Å²) in [5, 5.41) is 0. The third-order valence-corrected chi connectivity index (χ3v) is 4.71. The summed E-state index contributed by atoms with van der Waals surface area (Å²) in [7, 11) is 0. The van der Waals surface area contributed by atoms with Gasteiger partial charge in [0.05, 0.1) is 0 Å². The predicted molar refractivity (Wildman–Crippen MR) is 81.4 cm³/mol. The Hall–Kier alpha value is -1.34. The normalized spacial score (nSPS) is 25.9. The van der Waals surface area contributed by atoms with Crippen LogP contribution in [0, 0.1) is 0 Å². The first-order valence-electron chi connectivity index (χ1n) is 7.31. The van der Waals surface area contributed by atoms with Gasteiger partial charge in [0.2, 0.25) is 0 Å². The zero-order valence-electron chi connectivity index (χ0n) is 12.0. The van der Waals surface area contributed by atoms with Crippen molar-refractivity contribution in [2.24, 2.45) is 0 Å². The zero-order valence-corrected chi connectivity index (χ0v) is 12.0. The molecule has 0 spiro atoms. The van der Waals surface area contributed by atoms with Crippen molar-refractivity contribution in [2.45, 2.75) is 38.6 Å². The van der Waals surface area contributed by atoms with E-state index >= 15 is 0 Å². The molecular weight excluding hydrogens is 230 g/mol. The topological polar surface area (TPSA) is 3.24 Å². The second kappa shape index (κ2) is 4.97. The number of fused-ring (bicyclic) bond motifs is 3. The fraction of sp³-hybridized carbons (Fsp3) is 0.444. The Morgan fingerprint density at radius 1 is 1.37 bits per heavy atom. The Labute approximate surface area is 116 Å². The van der Waals surface area contributed by atoms with Crippen LogP contribution in [0.5, 0.6) is 0 Å². The Morgan fingerprint density at radius 3 is 2.89 bits per heavy atom. The second-order valence-electron chi connectivity index (χ2n) is 6.03. The fourth-order valence-corrected chi connectivity index (χ4v) is 3.83. The van der Waals surface area contributed by atoms with E-state index in [1.807, 2.05) is 6.08 Å². The highest BCUT2D eigenvalue weighted by molar-refractivity contribution is 5.44. The van der Waals surface area contributed by atoms with Gasteiger partial charge >= 0.3 is 0 Å². The van der Waals surface area contributed by atoms with Crippen molar-refractivity contribution in [2.75, 3.05) is 13.1 Å². The summed E-state index contributed by atoms with van der Waals surface area (Å²) >= 11 is 0. The van der Waals surface area contributed by atoms with E-state index in [4.69, 9.17) is 0 Å². The van der Waals surface area contributed by atoms with E-state index in [1.54, 1.807) is 16.7 Å². The summed E-state index contributed by atoms with van der Waals surface area (Å²) in [5.41, 5.74) is 6.27. The number of allylic oxidation sites excluding steroid dienone is 1. The Bertz CT molecular complexity index is 522. The van der Waals surface area contributed by atoms with Gasteiger partial charge in [0, 0.05) is 25.0 Å². The monoisotopic (exact) mass is 253 g/mol. The molecule has 1 nitrogen and oxygen atoms in total. The van der Waals surface area contributed by atoms with Crippen LogP contribution in [0.3, 0.4) is 0 Å². The molecule has 1 saturated heterocycles. The van der Waals surface area contributed by atoms with Gasteiger partial charge in [0.1, 0.15) is 0 Å². The van der Waals surface area contributed by atoms with Gasteiger partial charge in [-0.15, -0.1) is 6.58 Å². The van der Waals surface area contributed by atoms with Crippen molar-refractivity contribution < 1.29 is 0 Å². The van der Waals surface area contributed by atoms with Crippen LogP contribution in [-0.4, -0.2) is 24.0 Å². The molecule has 1 aromatic carbocycles. The number of aryl methyl sites for hydroxylation is 1. The molecule has 1 aliphatic carbocycles. The Balaban J connectivity index is 2.06. The molecule has 0 aromatic heterocycles. The maximum atomic E-state index is 3.92. The summed E-state index contributed by atoms with van der Waals surface area (Å²) in [6.45, 7) is 10.6. The molecule has 3 rings (SSSR count). The highest BCUT2D eigenvalue weighted by atomic mass is 15.2. The van der Waals surface area contributed by atoms with Gasteiger partial charge in [-0.1, -0.05) is 35.9 Å². The minimum atomic E-state index is 0.620. The van der Waals surface area contributed by atoms with Gasteiger partial charge < -0.3 is 0 Å². The molecule has 1 fully saturated rings. The standard InChI is InChI=1S/C18H23N/c1-4-11-19-12-16(13(2)3)18-15-8-6-5-7-14(15)9-10-17(18)19/h4-8,17-18H,1,9-12H2,2-3H3/t17-,18-/m1/s1. The average Bonchev–Trinajstić information content (AvgIpc) is 2.79. The first-order chi connectivity index (χ1) is 9.22. The van der Waals surface area contributed by atoms with Crippen LogP contribution in [0.25, 0.3) is 0 Å². The summed E-state index contributed by atoms with van der Waals surface area (Å²) < 4.78 is 0. The van der Waals surface area contributed by atoms with Crippen molar-refractivity contribution in [1.29, 1.82) is 0 Å². The fourth-order valence-electron chi connectivity index (χ4n) is 3.83. The number of hydrogen-bond acceptors (Lipinski definition) is 1. The average molecular weight is 253 g/mol. The summed E-state index contributed by atoms with van der Waals surface area (Å²) in [5.74, 6) is 0.620. The van der Waals surface area contributed by atoms with Crippen LogP contribution in [0.1, 0.15) is 37.3 Å². The molecular formula is C18H23N. The molecule has 0 saturated carbocycles. The molecule has 1 heterocycles. The number of nitrogens with zero attached hydrogens (tertiary/aromatic N) is 1. The van der Waals surface area contributed by atoms with E-state index in [0.717, 1.165) is 13.1 Å². The lowest BCUT2D eigenvalue weighted by Gasteiger charge is -2.33. The summed E-state index contributed by atoms with van der Waals surface area (Å²) in [6, 6.07) is 9.70. The highest BCUT2D eigenvalue weighted by Crippen LogP contribution is 2.45. The molecule has 0 amide bonds. The lowest BCUT2D eigenvalue weighted by molar-refractivity contribution is 0.250. The van der Waals surface area contributed by atoms with Crippen molar-refractivity contribution in [3.05, 3.63) is 59.2 Å². The third kappa shape index (κ3) is 2.06. The van der Waals surface area contributed by atoms with Crippen LogP contribution in [0.15, 0.2) is 48.1 Å². The summed E-state index contributed by atoms with van der Waals surface area (Å²) in [6.07, 6.45) is 4.55. The van der Waals surface area contributed by atoms with E-state index in [9.17, 15) is 0 Å². The van der Waals surface area contributed by atoms with Gasteiger partial charge in [0.25, 0.3) is 0 Å². The van der Waals surface area contributed by atoms with Crippen LogP contribution in [-0.2, 0) is 6.42 Å². The predicted octanol–water partition coefficient (Wildman–Crippen LogP) is 3.92. The first kappa shape index (κ1) is 12.7.